The summed E-state index contributed by atoms with van der Waals surface area (Å²) < 4.78 is 11.0. The fourth-order valence-corrected chi connectivity index (χ4v) is 3.84. The number of amides is 3. The number of carbonyl (C=O) groups is 4. The molecular weight excluding hydrogens is 556 g/mol. The molecule has 3 amide bonds. The number of esters is 1. The normalized spacial score (nSPS) is 11.7. The third-order valence-corrected chi connectivity index (χ3v) is 5.70. The molecule has 0 fully saturated rings. The van der Waals surface area contributed by atoms with E-state index in [2.05, 4.69) is 31.5 Å². The van der Waals surface area contributed by atoms with Crippen LogP contribution in [-0.4, -0.2) is 54.7 Å². The maximum absolute atomic E-state index is 12.8. The Hall–Kier alpha value is -3.47. The molecule has 1 unspecified atom stereocenters. The van der Waals surface area contributed by atoms with Gasteiger partial charge in [0.1, 0.15) is 11.4 Å². The lowest BCUT2D eigenvalue weighted by Gasteiger charge is -2.27. The summed E-state index contributed by atoms with van der Waals surface area (Å²) in [5.41, 5.74) is 0.961. The van der Waals surface area contributed by atoms with Gasteiger partial charge in [0.15, 0.2) is 0 Å². The minimum atomic E-state index is -0.689. The van der Waals surface area contributed by atoms with Crippen LogP contribution in [0.2, 0.25) is 0 Å². The smallest absolute Gasteiger partial charge is 0.416 e. The molecule has 38 heavy (non-hydrogen) atoms. The fourth-order valence-electron chi connectivity index (χ4n) is 3.42. The van der Waals surface area contributed by atoms with Gasteiger partial charge in [0.2, 0.25) is 11.8 Å². The first-order chi connectivity index (χ1) is 17.9. The first-order valence-electron chi connectivity index (χ1n) is 12.2. The quantitative estimate of drug-likeness (QED) is 0.375. The summed E-state index contributed by atoms with van der Waals surface area (Å²) in [6.45, 7) is 7.16. The SMILES string of the molecule is COC(=O)CC(NC(=O)CNC(=O)CCCN(C(=O)OC(C)(C)C)c1cc(C)ccn1)c1cccc(Br)c1. The van der Waals surface area contributed by atoms with E-state index < -0.39 is 29.6 Å². The second kappa shape index (κ2) is 14.5. The van der Waals surface area contributed by atoms with Crippen LogP contribution in [0.3, 0.4) is 0 Å². The van der Waals surface area contributed by atoms with Gasteiger partial charge in [-0.1, -0.05) is 28.1 Å². The molecule has 0 aliphatic rings. The van der Waals surface area contributed by atoms with Gasteiger partial charge < -0.3 is 20.1 Å². The van der Waals surface area contributed by atoms with Crippen molar-refractivity contribution >= 4 is 45.6 Å². The van der Waals surface area contributed by atoms with Gasteiger partial charge in [0.05, 0.1) is 26.1 Å². The van der Waals surface area contributed by atoms with E-state index >= 15 is 0 Å². The van der Waals surface area contributed by atoms with Gasteiger partial charge in [-0.2, -0.15) is 0 Å². The minimum Gasteiger partial charge on any atom is -0.469 e. The van der Waals surface area contributed by atoms with Crippen LogP contribution in [0.15, 0.2) is 47.1 Å². The highest BCUT2D eigenvalue weighted by atomic mass is 79.9. The summed E-state index contributed by atoms with van der Waals surface area (Å²) >= 11 is 3.38. The number of nitrogens with zero attached hydrogens (tertiary/aromatic N) is 2. The van der Waals surface area contributed by atoms with Crippen molar-refractivity contribution in [2.75, 3.05) is 25.1 Å². The first kappa shape index (κ1) is 30.8. The average molecular weight is 592 g/mol. The molecule has 0 saturated carbocycles. The summed E-state index contributed by atoms with van der Waals surface area (Å²) in [6, 6.07) is 10.2. The van der Waals surface area contributed by atoms with E-state index in [1.54, 1.807) is 51.2 Å². The number of ether oxygens (including phenoxy) is 2. The van der Waals surface area contributed by atoms with Gasteiger partial charge in [-0.3, -0.25) is 19.3 Å². The van der Waals surface area contributed by atoms with E-state index in [1.807, 2.05) is 19.1 Å². The van der Waals surface area contributed by atoms with Crippen molar-refractivity contribution in [3.8, 4) is 0 Å². The van der Waals surface area contributed by atoms with E-state index in [1.165, 1.54) is 12.0 Å². The van der Waals surface area contributed by atoms with Gasteiger partial charge in [-0.15, -0.1) is 0 Å². The van der Waals surface area contributed by atoms with Crippen LogP contribution in [0.4, 0.5) is 10.6 Å². The monoisotopic (exact) mass is 590 g/mol. The van der Waals surface area contributed by atoms with E-state index in [9.17, 15) is 19.2 Å². The highest BCUT2D eigenvalue weighted by Crippen LogP contribution is 2.21. The van der Waals surface area contributed by atoms with Gasteiger partial charge in [-0.05, 0) is 69.5 Å². The van der Waals surface area contributed by atoms with Crippen molar-refractivity contribution in [2.45, 2.75) is 58.6 Å². The Bertz CT molecular complexity index is 1130. The first-order valence-corrected chi connectivity index (χ1v) is 13.0. The molecule has 1 atom stereocenters. The molecule has 0 aliphatic carbocycles. The number of halogens is 1. The molecule has 0 bridgehead atoms. The summed E-state index contributed by atoms with van der Waals surface area (Å²) in [7, 11) is 1.28. The third kappa shape index (κ3) is 10.9. The zero-order valence-corrected chi connectivity index (χ0v) is 24.0. The van der Waals surface area contributed by atoms with Crippen molar-refractivity contribution in [3.63, 3.8) is 0 Å². The molecule has 2 aromatic rings. The molecular formula is C27H35BrN4O6. The number of anilines is 1. The van der Waals surface area contributed by atoms with Crippen LogP contribution < -0.4 is 15.5 Å². The number of benzene rings is 1. The molecule has 10 nitrogen and oxygen atoms in total. The molecule has 206 valence electrons. The number of carbonyl (C=O) groups excluding carboxylic acids is 4. The Morgan fingerprint density at radius 1 is 1.11 bits per heavy atom. The van der Waals surface area contributed by atoms with E-state index in [4.69, 9.17) is 9.47 Å². The highest BCUT2D eigenvalue weighted by Gasteiger charge is 2.24. The molecule has 0 spiro atoms. The number of hydrogen-bond donors (Lipinski definition) is 2. The van der Waals surface area contributed by atoms with Crippen LogP contribution in [0.5, 0.6) is 0 Å². The zero-order valence-electron chi connectivity index (χ0n) is 22.4. The standard InChI is InChI=1S/C27H35BrN4O6/c1-18-11-12-29-22(14-18)32(26(36)38-27(2,3)4)13-7-10-23(33)30-17-24(34)31-21(16-25(35)37-5)19-8-6-9-20(28)15-19/h6,8-9,11-12,14-15,21H,7,10,13,16-17H2,1-5H3,(H,30,33)(H,31,34). The third-order valence-electron chi connectivity index (χ3n) is 5.21. The summed E-state index contributed by atoms with van der Waals surface area (Å²) in [6.07, 6.45) is 1.40. The van der Waals surface area contributed by atoms with E-state index in [-0.39, 0.29) is 31.8 Å². The van der Waals surface area contributed by atoms with Gasteiger partial charge >= 0.3 is 12.1 Å². The van der Waals surface area contributed by atoms with Crippen LogP contribution in [0, 0.1) is 6.92 Å². The Morgan fingerprint density at radius 2 is 1.84 bits per heavy atom. The highest BCUT2D eigenvalue weighted by molar-refractivity contribution is 9.10. The van der Waals surface area contributed by atoms with Crippen LogP contribution in [0.1, 0.15) is 57.2 Å². The van der Waals surface area contributed by atoms with Crippen molar-refractivity contribution in [1.82, 2.24) is 15.6 Å². The average Bonchev–Trinajstić information content (AvgIpc) is 2.83. The summed E-state index contributed by atoms with van der Waals surface area (Å²) in [4.78, 5) is 55.3. The largest absolute Gasteiger partial charge is 0.469 e. The topological polar surface area (TPSA) is 127 Å². The second-order valence-electron chi connectivity index (χ2n) is 9.66. The number of aromatic nitrogens is 1. The Kier molecular flexibility index (Phi) is 11.7. The lowest BCUT2D eigenvalue weighted by molar-refractivity contribution is -0.141. The van der Waals surface area contributed by atoms with E-state index in [0.717, 1.165) is 15.6 Å². The van der Waals surface area contributed by atoms with Crippen molar-refractivity contribution in [3.05, 3.63) is 58.2 Å². The van der Waals surface area contributed by atoms with Gasteiger partial charge in [0, 0.05) is 23.6 Å². The molecule has 1 aromatic heterocycles. The zero-order chi connectivity index (χ0) is 28.3. The molecule has 2 N–H and O–H groups in total. The predicted octanol–water partition coefficient (Wildman–Crippen LogP) is 4.21. The lowest BCUT2D eigenvalue weighted by Crippen LogP contribution is -2.40. The Morgan fingerprint density at radius 3 is 2.47 bits per heavy atom. The maximum atomic E-state index is 12.8. The molecule has 11 heteroatoms. The second-order valence-corrected chi connectivity index (χ2v) is 10.6. The van der Waals surface area contributed by atoms with Gasteiger partial charge in [-0.25, -0.2) is 9.78 Å². The number of aryl methyl sites for hydroxylation is 1. The molecule has 2 rings (SSSR count). The van der Waals surface area contributed by atoms with Crippen molar-refractivity contribution in [1.29, 1.82) is 0 Å². The summed E-state index contributed by atoms with van der Waals surface area (Å²) in [5.74, 6) is -0.847. The molecule has 0 radical (unpaired) electrons. The van der Waals surface area contributed by atoms with Crippen LogP contribution in [-0.2, 0) is 23.9 Å². The van der Waals surface area contributed by atoms with Crippen molar-refractivity contribution < 1.29 is 28.7 Å². The Balaban J connectivity index is 1.92. The fraction of sp³-hybridized carbons (Fsp3) is 0.444. The minimum absolute atomic E-state index is 0.0554. The van der Waals surface area contributed by atoms with Crippen LogP contribution in [0.25, 0.3) is 0 Å². The van der Waals surface area contributed by atoms with Crippen LogP contribution >= 0.6 is 15.9 Å². The van der Waals surface area contributed by atoms with Gasteiger partial charge in [0.25, 0.3) is 0 Å². The molecule has 0 saturated heterocycles. The summed E-state index contributed by atoms with van der Waals surface area (Å²) in [5, 5.41) is 5.35. The molecule has 0 aliphatic heterocycles. The Labute approximate surface area is 231 Å². The number of rotatable bonds is 11. The maximum Gasteiger partial charge on any atom is 0.416 e. The molecule has 1 aromatic carbocycles. The predicted molar refractivity (Wildman–Crippen MR) is 146 cm³/mol. The van der Waals surface area contributed by atoms with E-state index in [0.29, 0.717) is 12.2 Å². The lowest BCUT2D eigenvalue weighted by atomic mass is 10.0. The van der Waals surface area contributed by atoms with Crippen molar-refractivity contribution in [2.24, 2.45) is 0 Å². The number of methoxy groups -OCH3 is 1. The number of pyridine rings is 1. The number of hydrogen-bond acceptors (Lipinski definition) is 7. The number of nitrogens with one attached hydrogen (secondary N) is 2. The molecule has 1 heterocycles.